The average molecular weight is 222 g/mol. The van der Waals surface area contributed by atoms with Crippen LogP contribution in [-0.2, 0) is 4.79 Å². The summed E-state index contributed by atoms with van der Waals surface area (Å²) in [7, 11) is 3.06. The first kappa shape index (κ1) is 12.1. The minimum absolute atomic E-state index is 0.225. The van der Waals surface area contributed by atoms with E-state index in [9.17, 15) is 4.79 Å². The summed E-state index contributed by atoms with van der Waals surface area (Å²) in [6, 6.07) is 5.29. The van der Waals surface area contributed by atoms with Crippen LogP contribution in [0.4, 0.5) is 0 Å². The lowest BCUT2D eigenvalue weighted by atomic mass is 10.1. The summed E-state index contributed by atoms with van der Waals surface area (Å²) in [6.45, 7) is 1.52. The maximum atomic E-state index is 10.8. The zero-order chi connectivity index (χ0) is 12.1. The number of aliphatic carboxylic acids is 1. The summed E-state index contributed by atoms with van der Waals surface area (Å²) in [5.74, 6) is 0.202. The van der Waals surface area contributed by atoms with Gasteiger partial charge in [0, 0.05) is 5.57 Å². The summed E-state index contributed by atoms with van der Waals surface area (Å²) in [5.41, 5.74) is 0.857. The van der Waals surface area contributed by atoms with Gasteiger partial charge in [-0.05, 0) is 25.1 Å². The lowest BCUT2D eigenvalue weighted by Crippen LogP contribution is -1.98. The molecule has 0 heterocycles. The van der Waals surface area contributed by atoms with E-state index in [0.29, 0.717) is 17.1 Å². The Bertz CT molecular complexity index is 399. The van der Waals surface area contributed by atoms with Gasteiger partial charge in [0.05, 0.1) is 19.8 Å². The number of carboxylic acid groups (broad SMARTS) is 1. The summed E-state index contributed by atoms with van der Waals surface area (Å²) in [4.78, 5) is 10.8. The van der Waals surface area contributed by atoms with Gasteiger partial charge >= 0.3 is 5.97 Å². The molecule has 0 atom stereocenters. The van der Waals surface area contributed by atoms with E-state index in [2.05, 4.69) is 0 Å². The molecule has 0 spiro atoms. The third-order valence-electron chi connectivity index (χ3n) is 2.16. The van der Waals surface area contributed by atoms with Crippen LogP contribution in [0.3, 0.4) is 0 Å². The van der Waals surface area contributed by atoms with Crippen LogP contribution < -0.4 is 9.47 Å². The molecule has 0 aliphatic heterocycles. The number of benzene rings is 1. The van der Waals surface area contributed by atoms with E-state index >= 15 is 0 Å². The molecule has 0 fully saturated rings. The average Bonchev–Trinajstić information content (AvgIpc) is 2.29. The first-order valence-corrected chi connectivity index (χ1v) is 4.72. The second kappa shape index (κ2) is 5.21. The minimum Gasteiger partial charge on any atom is -0.496 e. The van der Waals surface area contributed by atoms with Gasteiger partial charge in [0.2, 0.25) is 0 Å². The number of carboxylic acids is 1. The van der Waals surface area contributed by atoms with Gasteiger partial charge in [-0.25, -0.2) is 4.79 Å². The number of hydrogen-bond donors (Lipinski definition) is 1. The van der Waals surface area contributed by atoms with Crippen molar-refractivity contribution in [2.45, 2.75) is 6.92 Å². The van der Waals surface area contributed by atoms with E-state index in [1.165, 1.54) is 27.2 Å². The summed E-state index contributed by atoms with van der Waals surface area (Å²) in [5, 5.41) is 8.82. The van der Waals surface area contributed by atoms with Crippen LogP contribution in [0.2, 0.25) is 0 Å². The predicted octanol–water partition coefficient (Wildman–Crippen LogP) is 2.19. The van der Waals surface area contributed by atoms with Crippen molar-refractivity contribution in [1.29, 1.82) is 0 Å². The van der Waals surface area contributed by atoms with Gasteiger partial charge in [0.15, 0.2) is 0 Å². The maximum absolute atomic E-state index is 10.8. The smallest absolute Gasteiger partial charge is 0.331 e. The fraction of sp³-hybridized carbons (Fsp3) is 0.250. The third-order valence-corrected chi connectivity index (χ3v) is 2.16. The zero-order valence-electron chi connectivity index (χ0n) is 9.48. The third kappa shape index (κ3) is 2.53. The van der Waals surface area contributed by atoms with Crippen molar-refractivity contribution in [1.82, 2.24) is 0 Å². The number of methoxy groups -OCH3 is 2. The Balaban J connectivity index is 3.29. The molecule has 0 saturated carbocycles. The molecule has 1 N–H and O–H groups in total. The van der Waals surface area contributed by atoms with Crippen molar-refractivity contribution in [2.75, 3.05) is 14.2 Å². The van der Waals surface area contributed by atoms with Crippen molar-refractivity contribution in [3.63, 3.8) is 0 Å². The van der Waals surface area contributed by atoms with E-state index < -0.39 is 5.97 Å². The Morgan fingerprint density at radius 1 is 1.25 bits per heavy atom. The molecule has 0 aliphatic rings. The monoisotopic (exact) mass is 222 g/mol. The van der Waals surface area contributed by atoms with Crippen LogP contribution in [0.25, 0.3) is 6.08 Å². The Hall–Kier alpha value is -1.97. The van der Waals surface area contributed by atoms with Crippen molar-refractivity contribution in [3.05, 3.63) is 29.3 Å². The van der Waals surface area contributed by atoms with E-state index in [0.717, 1.165) is 0 Å². The first-order valence-electron chi connectivity index (χ1n) is 4.72. The van der Waals surface area contributed by atoms with E-state index in [4.69, 9.17) is 14.6 Å². The van der Waals surface area contributed by atoms with E-state index in [-0.39, 0.29) is 5.57 Å². The van der Waals surface area contributed by atoms with Crippen molar-refractivity contribution in [2.24, 2.45) is 0 Å². The molecule has 0 radical (unpaired) electrons. The number of rotatable bonds is 4. The molecular formula is C12H14O4. The highest BCUT2D eigenvalue weighted by Gasteiger charge is 2.09. The van der Waals surface area contributed by atoms with Gasteiger partial charge in [-0.1, -0.05) is 6.07 Å². The van der Waals surface area contributed by atoms with Crippen molar-refractivity contribution < 1.29 is 19.4 Å². The van der Waals surface area contributed by atoms with Crippen LogP contribution in [-0.4, -0.2) is 25.3 Å². The normalized spacial score (nSPS) is 11.1. The lowest BCUT2D eigenvalue weighted by Gasteiger charge is -2.10. The molecule has 0 saturated heterocycles. The SMILES string of the molecule is COc1cccc(OC)c1C=C(C)C(=O)O. The van der Waals surface area contributed by atoms with Crippen LogP contribution in [0.15, 0.2) is 23.8 Å². The highest BCUT2D eigenvalue weighted by molar-refractivity contribution is 5.92. The molecule has 16 heavy (non-hydrogen) atoms. The standard InChI is InChI=1S/C12H14O4/c1-8(12(13)14)7-9-10(15-2)5-4-6-11(9)16-3/h4-7H,1-3H3,(H,13,14). The zero-order valence-corrected chi connectivity index (χ0v) is 9.48. The van der Waals surface area contributed by atoms with Crippen molar-refractivity contribution in [3.8, 4) is 11.5 Å². The molecule has 4 nitrogen and oxygen atoms in total. The largest absolute Gasteiger partial charge is 0.496 e. The first-order chi connectivity index (χ1) is 7.60. The molecule has 1 rings (SSSR count). The summed E-state index contributed by atoms with van der Waals surface area (Å²) >= 11 is 0. The molecule has 0 unspecified atom stereocenters. The fourth-order valence-electron chi connectivity index (χ4n) is 1.30. The van der Waals surface area contributed by atoms with Gasteiger partial charge in [0.25, 0.3) is 0 Å². The van der Waals surface area contributed by atoms with Crippen LogP contribution in [0.5, 0.6) is 11.5 Å². The van der Waals surface area contributed by atoms with Gasteiger partial charge in [-0.2, -0.15) is 0 Å². The van der Waals surface area contributed by atoms with Crippen LogP contribution in [0, 0.1) is 0 Å². The van der Waals surface area contributed by atoms with Crippen LogP contribution >= 0.6 is 0 Å². The summed E-state index contributed by atoms with van der Waals surface area (Å²) in [6.07, 6.45) is 1.53. The van der Waals surface area contributed by atoms with E-state index in [1.807, 2.05) is 0 Å². The number of ether oxygens (including phenoxy) is 2. The Labute approximate surface area is 94.1 Å². The topological polar surface area (TPSA) is 55.8 Å². The highest BCUT2D eigenvalue weighted by Crippen LogP contribution is 2.30. The predicted molar refractivity (Wildman–Crippen MR) is 60.8 cm³/mol. The molecule has 86 valence electrons. The van der Waals surface area contributed by atoms with Gasteiger partial charge < -0.3 is 14.6 Å². The quantitative estimate of drug-likeness (QED) is 0.793. The molecule has 0 amide bonds. The minimum atomic E-state index is -0.965. The fourth-order valence-corrected chi connectivity index (χ4v) is 1.30. The maximum Gasteiger partial charge on any atom is 0.331 e. The lowest BCUT2D eigenvalue weighted by molar-refractivity contribution is -0.132. The molecule has 1 aromatic rings. The number of carbonyl (C=O) groups is 1. The van der Waals surface area contributed by atoms with Crippen molar-refractivity contribution >= 4 is 12.0 Å². The highest BCUT2D eigenvalue weighted by atomic mass is 16.5. The second-order valence-electron chi connectivity index (χ2n) is 3.21. The summed E-state index contributed by atoms with van der Waals surface area (Å²) < 4.78 is 10.3. The molecule has 0 aliphatic carbocycles. The van der Waals surface area contributed by atoms with Gasteiger partial charge in [-0.3, -0.25) is 0 Å². The van der Waals surface area contributed by atoms with Gasteiger partial charge in [0.1, 0.15) is 11.5 Å². The van der Waals surface area contributed by atoms with Gasteiger partial charge in [-0.15, -0.1) is 0 Å². The second-order valence-corrected chi connectivity index (χ2v) is 3.21. The molecule has 4 heteroatoms. The molecule has 0 bridgehead atoms. The molecule has 0 aromatic heterocycles. The molecular weight excluding hydrogens is 208 g/mol. The van der Waals surface area contributed by atoms with Crippen LogP contribution in [0.1, 0.15) is 12.5 Å². The Morgan fingerprint density at radius 3 is 2.12 bits per heavy atom. The Morgan fingerprint density at radius 2 is 1.75 bits per heavy atom. The van der Waals surface area contributed by atoms with E-state index in [1.54, 1.807) is 18.2 Å². The number of hydrogen-bond acceptors (Lipinski definition) is 3. The molecule has 1 aromatic carbocycles. The Kier molecular flexibility index (Phi) is 3.94.